The molecule has 0 aromatic heterocycles. The van der Waals surface area contributed by atoms with Crippen LogP contribution in [-0.4, -0.2) is 19.4 Å². The molecule has 0 aromatic carbocycles. The van der Waals surface area contributed by atoms with Crippen LogP contribution in [-0.2, 0) is 9.47 Å². The molecule has 0 radical (unpaired) electrons. The summed E-state index contributed by atoms with van der Waals surface area (Å²) in [6.07, 6.45) is -3.10. The van der Waals surface area contributed by atoms with Crippen LogP contribution >= 0.6 is 0 Å². The van der Waals surface area contributed by atoms with Crippen molar-refractivity contribution in [2.45, 2.75) is 13.3 Å². The van der Waals surface area contributed by atoms with Crippen LogP contribution in [0.1, 0.15) is 6.92 Å². The second-order valence-electron chi connectivity index (χ2n) is 1.16. The van der Waals surface area contributed by atoms with Gasteiger partial charge in [0.05, 0.1) is 0 Å². The van der Waals surface area contributed by atoms with Crippen molar-refractivity contribution in [3.05, 3.63) is 0 Å². The Kier molecular flexibility index (Phi) is 3.66. The van der Waals surface area contributed by atoms with Gasteiger partial charge in [-0.1, -0.05) is 0 Å². The summed E-state index contributed by atoms with van der Waals surface area (Å²) < 4.78 is 30.0. The quantitative estimate of drug-likeness (QED) is 0.543. The fourth-order valence-corrected chi connectivity index (χ4v) is 0.211. The highest BCUT2D eigenvalue weighted by Gasteiger charge is 2.06. The van der Waals surface area contributed by atoms with E-state index < -0.39 is 19.4 Å². The Balaban J connectivity index is 3.27. The summed E-state index contributed by atoms with van der Waals surface area (Å²) >= 11 is 0. The van der Waals surface area contributed by atoms with Gasteiger partial charge in [-0.15, -0.1) is 0 Å². The van der Waals surface area contributed by atoms with E-state index in [1.54, 1.807) is 0 Å². The van der Waals surface area contributed by atoms with E-state index in [2.05, 4.69) is 9.47 Å². The van der Waals surface area contributed by atoms with Gasteiger partial charge in [0.1, 0.15) is 0 Å². The molecule has 0 spiro atoms. The Labute approximate surface area is 50.6 Å². The maximum atomic E-state index is 11.6. The zero-order valence-corrected chi connectivity index (χ0v) is 4.77. The van der Waals surface area contributed by atoms with Gasteiger partial charge in [0.2, 0.25) is 13.2 Å². The van der Waals surface area contributed by atoms with Crippen molar-refractivity contribution in [1.29, 1.82) is 0 Å². The standard InChI is InChI=1S/C4H6F2O3/c1-3(6)9-4(7)8-2-5/h3H,2H2,1H3. The molecule has 54 valence electrons. The fraction of sp³-hybridized carbons (Fsp3) is 0.750. The number of alkyl halides is 2. The van der Waals surface area contributed by atoms with Gasteiger partial charge in [-0.05, 0) is 0 Å². The van der Waals surface area contributed by atoms with Gasteiger partial charge < -0.3 is 9.47 Å². The summed E-state index contributed by atoms with van der Waals surface area (Å²) in [5, 5.41) is 0. The van der Waals surface area contributed by atoms with E-state index in [1.807, 2.05) is 0 Å². The van der Waals surface area contributed by atoms with Crippen LogP contribution in [0.3, 0.4) is 0 Å². The highest BCUT2D eigenvalue weighted by Crippen LogP contribution is 1.94. The number of carbonyl (C=O) groups is 1. The van der Waals surface area contributed by atoms with Crippen molar-refractivity contribution in [2.75, 3.05) is 6.86 Å². The molecule has 0 aromatic rings. The molecule has 0 aliphatic heterocycles. The topological polar surface area (TPSA) is 35.5 Å². The van der Waals surface area contributed by atoms with Crippen molar-refractivity contribution >= 4 is 6.16 Å². The number of hydrogen-bond acceptors (Lipinski definition) is 3. The molecule has 0 saturated heterocycles. The SMILES string of the molecule is CC(F)OC(=O)OCF. The molecule has 0 saturated carbocycles. The van der Waals surface area contributed by atoms with Crippen molar-refractivity contribution < 1.29 is 23.0 Å². The molecule has 9 heavy (non-hydrogen) atoms. The molecule has 0 fully saturated rings. The van der Waals surface area contributed by atoms with Gasteiger partial charge in [-0.3, -0.25) is 0 Å². The summed E-state index contributed by atoms with van der Waals surface area (Å²) in [4.78, 5) is 9.93. The molecule has 3 nitrogen and oxygen atoms in total. The average molecular weight is 140 g/mol. The lowest BCUT2D eigenvalue weighted by Crippen LogP contribution is -2.11. The summed E-state index contributed by atoms with van der Waals surface area (Å²) in [6, 6.07) is 0. The zero-order chi connectivity index (χ0) is 7.28. The molecule has 0 heterocycles. The van der Waals surface area contributed by atoms with E-state index >= 15 is 0 Å². The van der Waals surface area contributed by atoms with E-state index in [0.717, 1.165) is 6.92 Å². The van der Waals surface area contributed by atoms with E-state index in [1.165, 1.54) is 0 Å². The summed E-state index contributed by atoms with van der Waals surface area (Å²) in [7, 11) is 0. The third kappa shape index (κ3) is 4.99. The molecule has 0 amide bonds. The second kappa shape index (κ2) is 4.05. The first-order valence-corrected chi connectivity index (χ1v) is 2.20. The van der Waals surface area contributed by atoms with Crippen LogP contribution < -0.4 is 0 Å². The maximum Gasteiger partial charge on any atom is 0.513 e. The highest BCUT2D eigenvalue weighted by molar-refractivity contribution is 5.59. The lowest BCUT2D eigenvalue weighted by atomic mass is 10.8. The van der Waals surface area contributed by atoms with Gasteiger partial charge >= 0.3 is 6.16 Å². The highest BCUT2D eigenvalue weighted by atomic mass is 19.1. The molecule has 5 heteroatoms. The third-order valence-corrected chi connectivity index (χ3v) is 0.431. The van der Waals surface area contributed by atoms with Crippen LogP contribution in [0.2, 0.25) is 0 Å². The lowest BCUT2D eigenvalue weighted by molar-refractivity contribution is -0.0344. The van der Waals surface area contributed by atoms with Crippen LogP contribution in [0.5, 0.6) is 0 Å². The van der Waals surface area contributed by atoms with Gasteiger partial charge in [-0.2, -0.15) is 0 Å². The van der Waals surface area contributed by atoms with Crippen molar-refractivity contribution in [1.82, 2.24) is 0 Å². The minimum atomic E-state index is -1.76. The molecule has 0 rings (SSSR count). The number of hydrogen-bond donors (Lipinski definition) is 0. The predicted molar refractivity (Wildman–Crippen MR) is 24.1 cm³/mol. The van der Waals surface area contributed by atoms with Crippen LogP contribution in [0, 0.1) is 0 Å². The van der Waals surface area contributed by atoms with Crippen LogP contribution in [0.15, 0.2) is 0 Å². The monoisotopic (exact) mass is 140 g/mol. The van der Waals surface area contributed by atoms with Gasteiger partial charge in [0.15, 0.2) is 0 Å². The Morgan fingerprint density at radius 2 is 2.33 bits per heavy atom. The first-order valence-electron chi connectivity index (χ1n) is 2.20. The Morgan fingerprint density at radius 1 is 1.78 bits per heavy atom. The Morgan fingerprint density at radius 3 is 2.67 bits per heavy atom. The summed E-state index contributed by atoms with van der Waals surface area (Å²) in [5.41, 5.74) is 0. The van der Waals surface area contributed by atoms with Crippen molar-refractivity contribution in [2.24, 2.45) is 0 Å². The molecule has 0 bridgehead atoms. The predicted octanol–water partition coefficient (Wildman–Crippen LogP) is 1.38. The number of halogens is 2. The molecule has 0 aliphatic rings. The van der Waals surface area contributed by atoms with E-state index in [4.69, 9.17) is 0 Å². The Bertz CT molecular complexity index is 93.8. The summed E-state index contributed by atoms with van der Waals surface area (Å²) in [5.74, 6) is 0. The van der Waals surface area contributed by atoms with E-state index in [0.29, 0.717) is 0 Å². The van der Waals surface area contributed by atoms with Crippen LogP contribution in [0.4, 0.5) is 13.6 Å². The largest absolute Gasteiger partial charge is 0.513 e. The normalized spacial score (nSPS) is 12.3. The third-order valence-electron chi connectivity index (χ3n) is 0.431. The lowest BCUT2D eigenvalue weighted by Gasteiger charge is -2.01. The molecule has 0 N–H and O–H groups in total. The molecule has 1 unspecified atom stereocenters. The number of carbonyl (C=O) groups excluding carboxylic acids is 1. The van der Waals surface area contributed by atoms with Crippen molar-refractivity contribution in [3.8, 4) is 0 Å². The average Bonchev–Trinajstić information content (AvgIpc) is 1.63. The minimum Gasteiger partial charge on any atom is -0.402 e. The number of ether oxygens (including phenoxy) is 2. The van der Waals surface area contributed by atoms with Gasteiger partial charge in [-0.25, -0.2) is 13.6 Å². The van der Waals surface area contributed by atoms with E-state index in [9.17, 15) is 13.6 Å². The first-order chi connectivity index (χ1) is 4.16. The summed E-state index contributed by atoms with van der Waals surface area (Å²) in [6.45, 7) is -0.314. The fourth-order valence-electron chi connectivity index (χ4n) is 0.211. The minimum absolute atomic E-state index is 0.986. The maximum absolute atomic E-state index is 11.6. The van der Waals surface area contributed by atoms with Gasteiger partial charge in [0.25, 0.3) is 0 Å². The van der Waals surface area contributed by atoms with Crippen LogP contribution in [0.25, 0.3) is 0 Å². The molecular weight excluding hydrogens is 134 g/mol. The van der Waals surface area contributed by atoms with Crippen molar-refractivity contribution in [3.63, 3.8) is 0 Å². The van der Waals surface area contributed by atoms with E-state index in [-0.39, 0.29) is 0 Å². The smallest absolute Gasteiger partial charge is 0.402 e. The second-order valence-corrected chi connectivity index (χ2v) is 1.16. The first kappa shape index (κ1) is 8.13. The molecule has 0 aliphatic carbocycles. The van der Waals surface area contributed by atoms with Gasteiger partial charge in [0, 0.05) is 6.92 Å². The molecular formula is C4H6F2O3. The number of rotatable bonds is 2. The zero-order valence-electron chi connectivity index (χ0n) is 4.77. The Hall–Kier alpha value is -0.870. The molecule has 1 atom stereocenters.